The molecule has 1 atom stereocenters. The first kappa shape index (κ1) is 11.8. The van der Waals surface area contributed by atoms with Crippen LogP contribution in [0.5, 0.6) is 0 Å². The van der Waals surface area contributed by atoms with Crippen LogP contribution in [-0.2, 0) is 0 Å². The average Bonchev–Trinajstić information content (AvgIpc) is 2.80. The predicted molar refractivity (Wildman–Crippen MR) is 60.7 cm³/mol. The first-order chi connectivity index (χ1) is 8.13. The summed E-state index contributed by atoms with van der Waals surface area (Å²) in [6, 6.07) is 3.73. The van der Waals surface area contributed by atoms with Crippen molar-refractivity contribution >= 4 is 0 Å². The van der Waals surface area contributed by atoms with Crippen molar-refractivity contribution in [3.63, 3.8) is 0 Å². The Balaban J connectivity index is 2.48. The van der Waals surface area contributed by atoms with Crippen molar-refractivity contribution in [2.24, 2.45) is 0 Å². The molecule has 0 bridgehead atoms. The zero-order valence-corrected chi connectivity index (χ0v) is 9.63. The number of halogens is 2. The van der Waals surface area contributed by atoms with Crippen LogP contribution in [0.3, 0.4) is 0 Å². The topological polar surface area (TPSA) is 25.2 Å². The van der Waals surface area contributed by atoms with E-state index in [1.807, 2.05) is 0 Å². The molecule has 1 heterocycles. The van der Waals surface area contributed by atoms with E-state index in [1.54, 1.807) is 13.1 Å². The lowest BCUT2D eigenvalue weighted by Crippen LogP contribution is -2.18. The zero-order chi connectivity index (χ0) is 12.4. The van der Waals surface area contributed by atoms with Crippen LogP contribution in [0.1, 0.15) is 22.7 Å². The van der Waals surface area contributed by atoms with Gasteiger partial charge in [-0.3, -0.25) is 0 Å². The lowest BCUT2D eigenvalue weighted by atomic mass is 9.99. The van der Waals surface area contributed by atoms with Gasteiger partial charge in [-0.2, -0.15) is 0 Å². The largest absolute Gasteiger partial charge is 0.472 e. The molecule has 0 amide bonds. The van der Waals surface area contributed by atoms with Crippen LogP contribution >= 0.6 is 0 Å². The van der Waals surface area contributed by atoms with Crippen molar-refractivity contribution in [2.75, 3.05) is 7.05 Å². The summed E-state index contributed by atoms with van der Waals surface area (Å²) in [4.78, 5) is 0. The van der Waals surface area contributed by atoms with Gasteiger partial charge in [-0.15, -0.1) is 0 Å². The van der Waals surface area contributed by atoms with Gasteiger partial charge in [0.25, 0.3) is 0 Å². The molecule has 17 heavy (non-hydrogen) atoms. The number of aryl methyl sites for hydroxylation is 1. The molecule has 0 aliphatic carbocycles. The maximum atomic E-state index is 13.8. The number of benzene rings is 1. The predicted octanol–water partition coefficient (Wildman–Crippen LogP) is 3.18. The van der Waals surface area contributed by atoms with Crippen LogP contribution in [0.25, 0.3) is 0 Å². The number of nitrogens with one attached hydrogen (secondary N) is 1. The van der Waals surface area contributed by atoms with Crippen LogP contribution in [0.2, 0.25) is 0 Å². The number of furan rings is 1. The van der Waals surface area contributed by atoms with E-state index in [9.17, 15) is 8.78 Å². The van der Waals surface area contributed by atoms with Crippen LogP contribution in [0, 0.1) is 18.6 Å². The molecule has 1 aromatic heterocycles. The molecule has 1 N–H and O–H groups in total. The molecule has 0 saturated heterocycles. The summed E-state index contributed by atoms with van der Waals surface area (Å²) in [7, 11) is 1.69. The second-order valence-corrected chi connectivity index (χ2v) is 3.90. The zero-order valence-electron chi connectivity index (χ0n) is 9.63. The van der Waals surface area contributed by atoms with Gasteiger partial charge < -0.3 is 9.73 Å². The van der Waals surface area contributed by atoms with Gasteiger partial charge in [0.1, 0.15) is 11.6 Å². The fourth-order valence-corrected chi connectivity index (χ4v) is 1.82. The minimum atomic E-state index is -0.426. The number of rotatable bonds is 3. The normalized spacial score (nSPS) is 12.7. The Morgan fingerprint density at radius 3 is 2.59 bits per heavy atom. The van der Waals surface area contributed by atoms with Gasteiger partial charge in [-0.1, -0.05) is 0 Å². The van der Waals surface area contributed by atoms with Crippen LogP contribution in [-0.4, -0.2) is 7.05 Å². The van der Waals surface area contributed by atoms with Crippen LogP contribution < -0.4 is 5.32 Å². The molecule has 0 saturated carbocycles. The summed E-state index contributed by atoms with van der Waals surface area (Å²) < 4.78 is 32.3. The molecule has 2 nitrogen and oxygen atoms in total. The van der Waals surface area contributed by atoms with Crippen molar-refractivity contribution < 1.29 is 13.2 Å². The maximum Gasteiger partial charge on any atom is 0.128 e. The highest BCUT2D eigenvalue weighted by Gasteiger charge is 2.18. The third-order valence-electron chi connectivity index (χ3n) is 2.75. The highest BCUT2D eigenvalue weighted by atomic mass is 19.1. The van der Waals surface area contributed by atoms with E-state index in [-0.39, 0.29) is 5.56 Å². The van der Waals surface area contributed by atoms with Gasteiger partial charge in [0.05, 0.1) is 18.6 Å². The minimum absolute atomic E-state index is 0.275. The first-order valence-corrected chi connectivity index (χ1v) is 5.28. The van der Waals surface area contributed by atoms with Gasteiger partial charge in [-0.25, -0.2) is 8.78 Å². The summed E-state index contributed by atoms with van der Waals surface area (Å²) in [5.41, 5.74) is 1.33. The first-order valence-electron chi connectivity index (χ1n) is 5.28. The lowest BCUT2D eigenvalue weighted by Gasteiger charge is -2.16. The molecular weight excluding hydrogens is 224 g/mol. The van der Waals surface area contributed by atoms with Gasteiger partial charge in [0.2, 0.25) is 0 Å². The molecule has 2 rings (SSSR count). The Morgan fingerprint density at radius 1 is 1.24 bits per heavy atom. The molecule has 4 heteroatoms. The summed E-state index contributed by atoms with van der Waals surface area (Å²) >= 11 is 0. The summed E-state index contributed by atoms with van der Waals surface area (Å²) in [5, 5.41) is 2.94. The Bertz CT molecular complexity index is 508. The SMILES string of the molecule is CNC(c1ccoc1)c1cc(F)c(C)cc1F. The average molecular weight is 237 g/mol. The van der Waals surface area contributed by atoms with Gasteiger partial charge in [0.15, 0.2) is 0 Å². The van der Waals surface area contributed by atoms with Crippen molar-refractivity contribution in [2.45, 2.75) is 13.0 Å². The molecule has 0 spiro atoms. The second-order valence-electron chi connectivity index (χ2n) is 3.90. The van der Waals surface area contributed by atoms with E-state index in [0.29, 0.717) is 5.56 Å². The minimum Gasteiger partial charge on any atom is -0.472 e. The van der Waals surface area contributed by atoms with Gasteiger partial charge >= 0.3 is 0 Å². The van der Waals surface area contributed by atoms with E-state index in [0.717, 1.165) is 5.56 Å². The molecule has 0 aliphatic rings. The highest BCUT2D eigenvalue weighted by Crippen LogP contribution is 2.26. The number of hydrogen-bond acceptors (Lipinski definition) is 2. The fourth-order valence-electron chi connectivity index (χ4n) is 1.82. The summed E-state index contributed by atoms with van der Waals surface area (Å²) in [6.45, 7) is 1.54. The molecular formula is C13H13F2NO. The Labute approximate surface area is 98.3 Å². The molecule has 0 fully saturated rings. The van der Waals surface area contributed by atoms with Crippen molar-refractivity contribution in [3.05, 3.63) is 59.1 Å². The molecule has 2 aromatic rings. The number of hydrogen-bond donors (Lipinski definition) is 1. The van der Waals surface area contributed by atoms with E-state index in [4.69, 9.17) is 4.42 Å². The summed E-state index contributed by atoms with van der Waals surface area (Å²) in [6.07, 6.45) is 3.01. The quantitative estimate of drug-likeness (QED) is 0.887. The Hall–Kier alpha value is -1.68. The molecule has 90 valence electrons. The van der Waals surface area contributed by atoms with Crippen molar-refractivity contribution in [1.82, 2.24) is 5.32 Å². The van der Waals surface area contributed by atoms with Crippen LogP contribution in [0.4, 0.5) is 8.78 Å². The maximum absolute atomic E-state index is 13.8. The van der Waals surface area contributed by atoms with E-state index in [2.05, 4.69) is 5.32 Å². The van der Waals surface area contributed by atoms with Crippen LogP contribution in [0.15, 0.2) is 35.1 Å². The molecule has 0 radical (unpaired) electrons. The molecule has 1 aromatic carbocycles. The second kappa shape index (κ2) is 4.67. The molecule has 1 unspecified atom stereocenters. The van der Waals surface area contributed by atoms with E-state index < -0.39 is 17.7 Å². The van der Waals surface area contributed by atoms with Crippen molar-refractivity contribution in [3.8, 4) is 0 Å². The van der Waals surface area contributed by atoms with E-state index in [1.165, 1.54) is 31.6 Å². The summed E-state index contributed by atoms with van der Waals surface area (Å²) in [5.74, 6) is -0.838. The van der Waals surface area contributed by atoms with Gasteiger partial charge in [0, 0.05) is 11.1 Å². The molecule has 0 aliphatic heterocycles. The third kappa shape index (κ3) is 2.22. The lowest BCUT2D eigenvalue weighted by molar-refractivity contribution is 0.540. The van der Waals surface area contributed by atoms with E-state index >= 15 is 0 Å². The monoisotopic (exact) mass is 237 g/mol. The Morgan fingerprint density at radius 2 is 2.00 bits per heavy atom. The van der Waals surface area contributed by atoms with Gasteiger partial charge in [-0.05, 0) is 37.7 Å². The third-order valence-corrected chi connectivity index (χ3v) is 2.75. The standard InChI is InChI=1S/C13H13F2NO/c1-8-5-12(15)10(6-11(8)14)13(16-2)9-3-4-17-7-9/h3-7,13,16H,1-2H3. The van der Waals surface area contributed by atoms with Crippen molar-refractivity contribution in [1.29, 1.82) is 0 Å². The fraction of sp³-hybridized carbons (Fsp3) is 0.231. The smallest absolute Gasteiger partial charge is 0.128 e. The highest BCUT2D eigenvalue weighted by molar-refractivity contribution is 5.33. The Kier molecular flexibility index (Phi) is 3.24.